The molecule has 6 heteroatoms. The number of nitrogens with zero attached hydrogens (tertiary/aromatic N) is 2. The van der Waals surface area contributed by atoms with Crippen LogP contribution in [0.1, 0.15) is 30.5 Å². The minimum absolute atomic E-state index is 0.0518. The van der Waals surface area contributed by atoms with E-state index in [9.17, 15) is 10.1 Å². The first-order valence-electron chi connectivity index (χ1n) is 11.1. The normalized spacial score (nSPS) is 11.8. The molecule has 0 aliphatic rings. The Morgan fingerprint density at radius 2 is 1.36 bits per heavy atom. The second kappa shape index (κ2) is 11.8. The summed E-state index contributed by atoms with van der Waals surface area (Å²) in [6.07, 6.45) is 0. The van der Waals surface area contributed by atoms with E-state index < -0.39 is 0 Å². The maximum Gasteiger partial charge on any atom is 0.284 e. The molecule has 3 aromatic carbocycles. The van der Waals surface area contributed by atoms with E-state index in [4.69, 9.17) is 9.47 Å². The van der Waals surface area contributed by atoms with E-state index in [-0.39, 0.29) is 10.6 Å². The Bertz CT molecular complexity index is 1060. The highest BCUT2D eigenvalue weighted by Gasteiger charge is 2.24. The molecule has 3 rings (SSSR count). The lowest BCUT2D eigenvalue weighted by Gasteiger charge is -2.18. The number of rotatable bonds is 11. The van der Waals surface area contributed by atoms with Gasteiger partial charge in [0, 0.05) is 6.54 Å². The largest absolute Gasteiger partial charge is 0.497 e. The standard InChI is InChI=1S/C27H30N2O4/c1-4-28(5-2)19-20-33-25-17-13-22(14-18-25)26(21-11-15-24(32-3)16-12-21)27(29(30)31)23-9-7-6-8-10-23/h6-18H,4-5,19-20H2,1-3H3/b27-26+. The molecule has 0 saturated heterocycles. The average Bonchev–Trinajstić information content (AvgIpc) is 2.86. The molecule has 33 heavy (non-hydrogen) atoms. The van der Waals surface area contributed by atoms with Gasteiger partial charge in [-0.3, -0.25) is 10.1 Å². The first-order chi connectivity index (χ1) is 16.1. The fourth-order valence-corrected chi connectivity index (χ4v) is 3.69. The van der Waals surface area contributed by atoms with Crippen LogP contribution in [0.2, 0.25) is 0 Å². The van der Waals surface area contributed by atoms with Crippen molar-refractivity contribution in [2.45, 2.75) is 13.8 Å². The number of hydrogen-bond donors (Lipinski definition) is 0. The van der Waals surface area contributed by atoms with Crippen molar-refractivity contribution in [1.29, 1.82) is 0 Å². The van der Waals surface area contributed by atoms with Crippen LogP contribution in [0, 0.1) is 10.1 Å². The summed E-state index contributed by atoms with van der Waals surface area (Å²) in [5.74, 6) is 1.43. The van der Waals surface area contributed by atoms with Gasteiger partial charge in [0.2, 0.25) is 0 Å². The van der Waals surface area contributed by atoms with Gasteiger partial charge in [-0.1, -0.05) is 56.3 Å². The summed E-state index contributed by atoms with van der Waals surface area (Å²) in [4.78, 5) is 14.2. The fraction of sp³-hybridized carbons (Fsp3) is 0.259. The molecule has 0 fully saturated rings. The van der Waals surface area contributed by atoms with Gasteiger partial charge >= 0.3 is 0 Å². The summed E-state index contributed by atoms with van der Waals surface area (Å²) >= 11 is 0. The molecular formula is C27H30N2O4. The Balaban J connectivity index is 2.00. The lowest BCUT2D eigenvalue weighted by molar-refractivity contribution is -0.374. The van der Waals surface area contributed by atoms with Crippen LogP contribution < -0.4 is 9.47 Å². The number of benzene rings is 3. The number of ether oxygens (including phenoxy) is 2. The maximum atomic E-state index is 12.2. The molecule has 3 aromatic rings. The molecule has 0 aliphatic heterocycles. The van der Waals surface area contributed by atoms with Crippen LogP contribution in [-0.4, -0.2) is 43.2 Å². The second-order valence-electron chi connectivity index (χ2n) is 7.47. The quantitative estimate of drug-likeness (QED) is 0.218. The van der Waals surface area contributed by atoms with Crippen LogP contribution >= 0.6 is 0 Å². The molecular weight excluding hydrogens is 416 g/mol. The zero-order valence-corrected chi connectivity index (χ0v) is 19.4. The van der Waals surface area contributed by atoms with Gasteiger partial charge in [0.25, 0.3) is 5.70 Å². The molecule has 0 unspecified atom stereocenters. The number of hydrogen-bond acceptors (Lipinski definition) is 5. The van der Waals surface area contributed by atoms with Crippen molar-refractivity contribution in [2.24, 2.45) is 0 Å². The zero-order chi connectivity index (χ0) is 23.6. The second-order valence-corrected chi connectivity index (χ2v) is 7.47. The van der Waals surface area contributed by atoms with Gasteiger partial charge in [-0.2, -0.15) is 0 Å². The smallest absolute Gasteiger partial charge is 0.284 e. The van der Waals surface area contributed by atoms with Crippen molar-refractivity contribution in [2.75, 3.05) is 33.4 Å². The summed E-state index contributed by atoms with van der Waals surface area (Å²) < 4.78 is 11.2. The van der Waals surface area contributed by atoms with Crippen molar-refractivity contribution >= 4 is 11.3 Å². The molecule has 0 atom stereocenters. The molecule has 0 saturated carbocycles. The van der Waals surface area contributed by atoms with Crippen molar-refractivity contribution < 1.29 is 14.4 Å². The van der Waals surface area contributed by atoms with Crippen LogP contribution in [0.25, 0.3) is 11.3 Å². The summed E-state index contributed by atoms with van der Waals surface area (Å²) in [6, 6.07) is 23.7. The lowest BCUT2D eigenvalue weighted by Crippen LogP contribution is -2.27. The van der Waals surface area contributed by atoms with Crippen molar-refractivity contribution in [3.8, 4) is 11.5 Å². The van der Waals surface area contributed by atoms with Gasteiger partial charge in [-0.25, -0.2) is 0 Å². The third-order valence-corrected chi connectivity index (χ3v) is 5.56. The van der Waals surface area contributed by atoms with Gasteiger partial charge in [0.15, 0.2) is 0 Å². The predicted octanol–water partition coefficient (Wildman–Crippen LogP) is 5.61. The van der Waals surface area contributed by atoms with Gasteiger partial charge in [-0.05, 0) is 60.6 Å². The highest BCUT2D eigenvalue weighted by molar-refractivity contribution is 5.95. The Morgan fingerprint density at radius 3 is 1.85 bits per heavy atom. The van der Waals surface area contributed by atoms with E-state index in [1.54, 1.807) is 31.4 Å². The summed E-state index contributed by atoms with van der Waals surface area (Å²) in [5.41, 5.74) is 2.63. The Kier molecular flexibility index (Phi) is 8.61. The highest BCUT2D eigenvalue weighted by atomic mass is 16.6. The molecule has 6 nitrogen and oxygen atoms in total. The number of nitro groups is 1. The molecule has 0 N–H and O–H groups in total. The molecule has 172 valence electrons. The average molecular weight is 447 g/mol. The number of likely N-dealkylation sites (N-methyl/N-ethyl adjacent to an activating group) is 1. The van der Waals surface area contributed by atoms with E-state index in [1.165, 1.54) is 0 Å². The number of methoxy groups -OCH3 is 1. The molecule has 0 aliphatic carbocycles. The predicted molar refractivity (Wildman–Crippen MR) is 132 cm³/mol. The van der Waals surface area contributed by atoms with Crippen LogP contribution in [0.4, 0.5) is 0 Å². The van der Waals surface area contributed by atoms with Gasteiger partial charge in [-0.15, -0.1) is 0 Å². The van der Waals surface area contributed by atoms with E-state index in [1.807, 2.05) is 54.6 Å². The van der Waals surface area contributed by atoms with Gasteiger partial charge in [0.05, 0.1) is 23.2 Å². The summed E-state index contributed by atoms with van der Waals surface area (Å²) in [6.45, 7) is 7.67. The van der Waals surface area contributed by atoms with Crippen molar-refractivity contribution in [3.05, 3.63) is 106 Å². The minimum atomic E-state index is -0.316. The third-order valence-electron chi connectivity index (χ3n) is 5.56. The molecule has 0 aromatic heterocycles. The zero-order valence-electron chi connectivity index (χ0n) is 19.4. The van der Waals surface area contributed by atoms with E-state index in [2.05, 4.69) is 18.7 Å². The van der Waals surface area contributed by atoms with E-state index in [0.29, 0.717) is 23.5 Å². The Morgan fingerprint density at radius 1 is 0.818 bits per heavy atom. The van der Waals surface area contributed by atoms with Crippen LogP contribution in [0.5, 0.6) is 11.5 Å². The minimum Gasteiger partial charge on any atom is -0.497 e. The van der Waals surface area contributed by atoms with Crippen molar-refractivity contribution in [1.82, 2.24) is 4.90 Å². The van der Waals surface area contributed by atoms with Gasteiger partial charge < -0.3 is 14.4 Å². The molecule has 0 bridgehead atoms. The van der Waals surface area contributed by atoms with Gasteiger partial charge in [0.1, 0.15) is 18.1 Å². The Hall–Kier alpha value is -3.64. The SMILES string of the molecule is CCN(CC)CCOc1ccc(/C(=C(\c2ccccc2)[N+](=O)[O-])c2ccc(OC)cc2)cc1. The Labute approximate surface area is 195 Å². The summed E-state index contributed by atoms with van der Waals surface area (Å²) in [7, 11) is 1.59. The highest BCUT2D eigenvalue weighted by Crippen LogP contribution is 2.34. The van der Waals surface area contributed by atoms with E-state index >= 15 is 0 Å². The molecule has 0 radical (unpaired) electrons. The summed E-state index contributed by atoms with van der Waals surface area (Å²) in [5, 5.41) is 12.2. The van der Waals surface area contributed by atoms with Crippen molar-refractivity contribution in [3.63, 3.8) is 0 Å². The van der Waals surface area contributed by atoms with E-state index in [0.717, 1.165) is 36.5 Å². The fourth-order valence-electron chi connectivity index (χ4n) is 3.69. The molecule has 0 amide bonds. The first kappa shape index (κ1) is 24.0. The van der Waals surface area contributed by atoms with Crippen LogP contribution in [0.3, 0.4) is 0 Å². The molecule has 0 spiro atoms. The van der Waals surface area contributed by atoms with Crippen LogP contribution in [-0.2, 0) is 0 Å². The lowest BCUT2D eigenvalue weighted by atomic mass is 9.93. The first-order valence-corrected chi connectivity index (χ1v) is 11.1. The third kappa shape index (κ3) is 6.20. The topological polar surface area (TPSA) is 64.8 Å². The molecule has 0 heterocycles. The maximum absolute atomic E-state index is 12.2. The monoisotopic (exact) mass is 446 g/mol. The van der Waals surface area contributed by atoms with Crippen LogP contribution in [0.15, 0.2) is 78.9 Å².